The van der Waals surface area contributed by atoms with Gasteiger partial charge in [0.1, 0.15) is 6.61 Å². The van der Waals surface area contributed by atoms with Crippen LogP contribution in [-0.4, -0.2) is 49.3 Å². The predicted octanol–water partition coefficient (Wildman–Crippen LogP) is 18.9. The molecule has 0 aromatic carbocycles. The molecule has 0 aliphatic heterocycles. The van der Waals surface area contributed by atoms with Crippen LogP contribution in [0.2, 0.25) is 0 Å². The molecule has 3 N–H and O–H groups in total. The Labute approximate surface area is 480 Å². The molecule has 2 atom stereocenters. The van der Waals surface area contributed by atoms with E-state index in [0.717, 1.165) is 128 Å². The van der Waals surface area contributed by atoms with E-state index in [4.69, 9.17) is 24.3 Å². The third kappa shape index (κ3) is 61.4. The molecule has 2 unspecified atom stereocenters. The van der Waals surface area contributed by atoms with Crippen LogP contribution in [0.1, 0.15) is 168 Å². The molecular weight excluding hydrogens is 1000 g/mol. The van der Waals surface area contributed by atoms with E-state index in [1.807, 2.05) is 12.2 Å². The first-order valence-corrected chi connectivity index (χ1v) is 30.7. The molecule has 79 heavy (non-hydrogen) atoms. The standard InChI is InChI=1S/C69H102NO8P/c1-3-5-7-9-11-13-15-17-19-21-23-24-25-26-27-28-29-30-31-32-33-34-35-36-37-38-39-40-41-42-44-46-48-50-52-54-56-58-60-62-69(72)78-67(66-77-79(73,74)76-64-63-70)65-75-68(71)61-59-57-55-53-51-49-47-45-43-22-20-18-16-14-12-10-8-6-4-2/h5-8,11-14,17-20,23-24,26-27,29-30,32-33,35-36,38-39,41-43,45-46,48-49,51-52,54-55,57,67H,3-4,9-10,15-16,21-22,25,28,31,34,37,40,44,47,50,53,56,58-66,70H2,1-2H3,(H,73,74)/b7-5-,8-6-,13-11-,14-12-,19-17-,20-18-,24-23-,27-26-,30-29-,33-32-,36-35-,39-38-,42-41-,45-43-,48-46-,51-49-,54-52-,57-55-. The van der Waals surface area contributed by atoms with Crippen LogP contribution in [0.3, 0.4) is 0 Å². The monoisotopic (exact) mass is 1100 g/mol. The summed E-state index contributed by atoms with van der Waals surface area (Å²) in [4.78, 5) is 35.1. The Bertz CT molecular complexity index is 2080. The largest absolute Gasteiger partial charge is 0.472 e. The highest BCUT2D eigenvalue weighted by atomic mass is 31.2. The zero-order chi connectivity index (χ0) is 57.3. The van der Waals surface area contributed by atoms with E-state index in [1.54, 1.807) is 0 Å². The second-order valence-electron chi connectivity index (χ2n) is 18.0. The van der Waals surface area contributed by atoms with E-state index in [2.05, 4.69) is 220 Å². The van der Waals surface area contributed by atoms with E-state index < -0.39 is 32.5 Å². The van der Waals surface area contributed by atoms with Crippen molar-refractivity contribution in [2.45, 2.75) is 174 Å². The normalized spacial score (nSPS) is 14.6. The van der Waals surface area contributed by atoms with Crippen molar-refractivity contribution in [3.8, 4) is 0 Å². The van der Waals surface area contributed by atoms with Gasteiger partial charge in [0.05, 0.1) is 13.2 Å². The molecule has 0 heterocycles. The van der Waals surface area contributed by atoms with Crippen molar-refractivity contribution in [1.29, 1.82) is 0 Å². The Morgan fingerprint density at radius 2 is 0.671 bits per heavy atom. The van der Waals surface area contributed by atoms with Crippen LogP contribution < -0.4 is 5.73 Å². The molecule has 9 nitrogen and oxygen atoms in total. The van der Waals surface area contributed by atoms with Gasteiger partial charge in [-0.25, -0.2) is 4.57 Å². The minimum atomic E-state index is -4.43. The van der Waals surface area contributed by atoms with Crippen LogP contribution >= 0.6 is 7.82 Å². The number of rotatable bonds is 51. The lowest BCUT2D eigenvalue weighted by Crippen LogP contribution is -2.29. The summed E-state index contributed by atoms with van der Waals surface area (Å²) < 4.78 is 32.8. The molecule has 0 aromatic rings. The number of hydrogen-bond donors (Lipinski definition) is 2. The highest BCUT2D eigenvalue weighted by Gasteiger charge is 2.26. The third-order valence-electron chi connectivity index (χ3n) is 10.9. The second kappa shape index (κ2) is 61.5. The van der Waals surface area contributed by atoms with Gasteiger partial charge < -0.3 is 20.1 Å². The van der Waals surface area contributed by atoms with Crippen molar-refractivity contribution >= 4 is 19.8 Å². The van der Waals surface area contributed by atoms with E-state index in [1.165, 1.54) is 0 Å². The summed E-state index contributed by atoms with van der Waals surface area (Å²) in [6.07, 6.45) is 97.3. The quantitative estimate of drug-likeness (QED) is 0.0264. The zero-order valence-corrected chi connectivity index (χ0v) is 49.4. The van der Waals surface area contributed by atoms with Gasteiger partial charge in [0.15, 0.2) is 6.10 Å². The number of allylic oxidation sites excluding steroid dienone is 36. The van der Waals surface area contributed by atoms with Crippen LogP contribution in [-0.2, 0) is 32.7 Å². The molecule has 0 saturated carbocycles. The van der Waals surface area contributed by atoms with Crippen molar-refractivity contribution in [2.75, 3.05) is 26.4 Å². The summed E-state index contributed by atoms with van der Waals surface area (Å²) in [7, 11) is -4.43. The fourth-order valence-electron chi connectivity index (χ4n) is 6.64. The molecule has 0 aromatic heterocycles. The number of hydrogen-bond acceptors (Lipinski definition) is 8. The lowest BCUT2D eigenvalue weighted by atomic mass is 10.2. The Morgan fingerprint density at radius 3 is 0.975 bits per heavy atom. The summed E-state index contributed by atoms with van der Waals surface area (Å²) in [6.45, 7) is 3.32. The molecule has 0 bridgehead atoms. The van der Waals surface area contributed by atoms with Gasteiger partial charge in [0.25, 0.3) is 0 Å². The zero-order valence-electron chi connectivity index (χ0n) is 48.5. The minimum absolute atomic E-state index is 0.0234. The molecule has 10 heteroatoms. The topological polar surface area (TPSA) is 134 Å². The van der Waals surface area contributed by atoms with Crippen LogP contribution in [0.15, 0.2) is 219 Å². The van der Waals surface area contributed by atoms with Crippen molar-refractivity contribution in [2.24, 2.45) is 5.73 Å². The average molecular weight is 1100 g/mol. The molecule has 0 radical (unpaired) electrons. The maximum absolute atomic E-state index is 12.7. The molecule has 0 fully saturated rings. The van der Waals surface area contributed by atoms with Gasteiger partial charge in [-0.15, -0.1) is 0 Å². The van der Waals surface area contributed by atoms with E-state index in [-0.39, 0.29) is 32.6 Å². The smallest absolute Gasteiger partial charge is 0.462 e. The maximum atomic E-state index is 12.7. The lowest BCUT2D eigenvalue weighted by Gasteiger charge is -2.19. The molecule has 0 aliphatic carbocycles. The maximum Gasteiger partial charge on any atom is 0.472 e. The summed E-state index contributed by atoms with van der Waals surface area (Å²) >= 11 is 0. The van der Waals surface area contributed by atoms with Crippen molar-refractivity contribution in [3.63, 3.8) is 0 Å². The molecular formula is C69H102NO8P. The Hall–Kier alpha value is -5.67. The number of ether oxygens (including phenoxy) is 2. The van der Waals surface area contributed by atoms with Gasteiger partial charge in [-0.1, -0.05) is 233 Å². The summed E-state index contributed by atoms with van der Waals surface area (Å²) in [6, 6.07) is 0. The number of nitrogens with two attached hydrogens (primary N) is 1. The highest BCUT2D eigenvalue weighted by Crippen LogP contribution is 2.43. The van der Waals surface area contributed by atoms with Crippen LogP contribution in [0.25, 0.3) is 0 Å². The van der Waals surface area contributed by atoms with Gasteiger partial charge in [-0.2, -0.15) is 0 Å². The summed E-state index contributed by atoms with van der Waals surface area (Å²) in [5.74, 6) is -1.00. The third-order valence-corrected chi connectivity index (χ3v) is 11.9. The van der Waals surface area contributed by atoms with Gasteiger partial charge >= 0.3 is 19.8 Å². The van der Waals surface area contributed by atoms with Crippen molar-refractivity contribution in [1.82, 2.24) is 0 Å². The van der Waals surface area contributed by atoms with Gasteiger partial charge in [0, 0.05) is 19.4 Å². The lowest BCUT2D eigenvalue weighted by molar-refractivity contribution is -0.161. The molecule has 436 valence electrons. The van der Waals surface area contributed by atoms with E-state index in [9.17, 15) is 19.0 Å². The molecule has 0 rings (SSSR count). The van der Waals surface area contributed by atoms with Crippen LogP contribution in [0, 0.1) is 0 Å². The van der Waals surface area contributed by atoms with Gasteiger partial charge in [-0.05, 0) is 141 Å². The van der Waals surface area contributed by atoms with E-state index >= 15 is 0 Å². The number of phosphoric ester groups is 1. The van der Waals surface area contributed by atoms with Gasteiger partial charge in [0.2, 0.25) is 0 Å². The first-order chi connectivity index (χ1) is 38.8. The van der Waals surface area contributed by atoms with Crippen LogP contribution in [0.5, 0.6) is 0 Å². The Morgan fingerprint density at radius 1 is 0.380 bits per heavy atom. The van der Waals surface area contributed by atoms with E-state index in [0.29, 0.717) is 12.8 Å². The van der Waals surface area contributed by atoms with Gasteiger partial charge in [-0.3, -0.25) is 18.6 Å². The number of carbonyl (C=O) groups excluding carboxylic acids is 2. The Kier molecular flexibility index (Phi) is 57.1. The minimum Gasteiger partial charge on any atom is -0.462 e. The fourth-order valence-corrected chi connectivity index (χ4v) is 7.41. The van der Waals surface area contributed by atoms with Crippen molar-refractivity contribution < 1.29 is 37.6 Å². The second-order valence-corrected chi connectivity index (χ2v) is 19.5. The highest BCUT2D eigenvalue weighted by molar-refractivity contribution is 7.47. The molecule has 0 spiro atoms. The average Bonchev–Trinajstić information content (AvgIpc) is 3.44. The number of carbonyl (C=O) groups is 2. The van der Waals surface area contributed by atoms with Crippen LogP contribution in [0.4, 0.5) is 0 Å². The molecule has 0 amide bonds. The van der Waals surface area contributed by atoms with Crippen molar-refractivity contribution in [3.05, 3.63) is 219 Å². The Balaban J connectivity index is 4.21. The number of esters is 2. The number of unbranched alkanes of at least 4 members (excludes halogenated alkanes) is 2. The first-order valence-electron chi connectivity index (χ1n) is 29.2. The first kappa shape index (κ1) is 73.3. The fraction of sp³-hybridized carbons (Fsp3) is 0.449. The summed E-state index contributed by atoms with van der Waals surface area (Å²) in [5.41, 5.74) is 5.37. The predicted molar refractivity (Wildman–Crippen MR) is 338 cm³/mol. The SMILES string of the molecule is CC/C=C\C/C=C\C/C=C\C/C=C\C/C=C\C/C=C\C/C=C\C/C=C\C/C=C\C/C=C\C/C=C\C/C=C\CCCCC(=O)OC(COC(=O)CC/C=C\C/C=C\C/C=C\C/C=C\C/C=C\C/C=C\CC)COP(=O)(O)OCCN. The molecule has 0 saturated heterocycles. The summed E-state index contributed by atoms with van der Waals surface area (Å²) in [5, 5.41) is 0. The molecule has 0 aliphatic rings. The number of phosphoric acid groups is 1.